The maximum absolute atomic E-state index is 14.3. The molecule has 0 fully saturated rings. The molecule has 0 N–H and O–H groups in total. The van der Waals surface area contributed by atoms with E-state index in [0.717, 1.165) is 16.1 Å². The summed E-state index contributed by atoms with van der Waals surface area (Å²) >= 11 is 1.55. The number of imidazole rings is 1. The van der Waals surface area contributed by atoms with E-state index in [1.54, 1.807) is 24.9 Å². The smallest absolute Gasteiger partial charge is 0.145 e. The Morgan fingerprint density at radius 3 is 2.79 bits per heavy atom. The van der Waals surface area contributed by atoms with Crippen molar-refractivity contribution in [2.24, 2.45) is 0 Å². The van der Waals surface area contributed by atoms with Crippen molar-refractivity contribution in [3.63, 3.8) is 0 Å². The number of nitrogens with zero attached hydrogens (tertiary/aromatic N) is 2. The van der Waals surface area contributed by atoms with Crippen molar-refractivity contribution in [3.05, 3.63) is 60.9 Å². The minimum absolute atomic E-state index is 0.346. The van der Waals surface area contributed by atoms with E-state index < -0.39 is 0 Å². The molecule has 2 aromatic rings. The molecule has 2 aromatic heterocycles. The second kappa shape index (κ2) is 5.45. The van der Waals surface area contributed by atoms with Gasteiger partial charge in [-0.3, -0.25) is 0 Å². The van der Waals surface area contributed by atoms with Crippen LogP contribution in [0.2, 0.25) is 0 Å². The second-order valence-electron chi connectivity index (χ2n) is 4.13. The number of allylic oxidation sites excluding steroid dienone is 4. The Kier molecular flexibility index (Phi) is 3.90. The number of rotatable bonds is 4. The molecule has 0 atom stereocenters. The van der Waals surface area contributed by atoms with Crippen LogP contribution in [0.25, 0.3) is 11.2 Å². The summed E-state index contributed by atoms with van der Waals surface area (Å²) in [5, 5.41) is 0. The van der Waals surface area contributed by atoms with Gasteiger partial charge in [0.25, 0.3) is 0 Å². The lowest BCUT2D eigenvalue weighted by molar-refractivity contribution is 0.656. The van der Waals surface area contributed by atoms with Crippen LogP contribution in [0.3, 0.4) is 0 Å². The molecule has 0 saturated heterocycles. The standard InChI is InChI=1S/C15H15FN2S/c1-5-11(14(16)10(2)3)13-12(19-4)6-8-18-9-7-17-15(13)18/h5-9H,1-2H2,3-4H3/b14-11-. The average molecular weight is 274 g/mol. The van der Waals surface area contributed by atoms with Crippen LogP contribution in [0.4, 0.5) is 4.39 Å². The van der Waals surface area contributed by atoms with Gasteiger partial charge in [-0.1, -0.05) is 19.2 Å². The minimum atomic E-state index is -0.346. The number of pyridine rings is 1. The van der Waals surface area contributed by atoms with E-state index >= 15 is 0 Å². The van der Waals surface area contributed by atoms with Crippen molar-refractivity contribution in [1.29, 1.82) is 0 Å². The molecule has 2 heterocycles. The first-order chi connectivity index (χ1) is 9.10. The largest absolute Gasteiger partial charge is 0.307 e. The van der Waals surface area contributed by atoms with Gasteiger partial charge in [-0.25, -0.2) is 9.37 Å². The molecule has 0 spiro atoms. The third-order valence-electron chi connectivity index (χ3n) is 2.83. The summed E-state index contributed by atoms with van der Waals surface area (Å²) < 4.78 is 16.2. The second-order valence-corrected chi connectivity index (χ2v) is 4.98. The highest BCUT2D eigenvalue weighted by Gasteiger charge is 2.16. The van der Waals surface area contributed by atoms with Gasteiger partial charge in [0.2, 0.25) is 0 Å². The summed E-state index contributed by atoms with van der Waals surface area (Å²) in [5.74, 6) is -0.346. The molecule has 19 heavy (non-hydrogen) atoms. The van der Waals surface area contributed by atoms with Crippen LogP contribution in [0.1, 0.15) is 12.5 Å². The SMILES string of the molecule is C=C/C(=C(/F)C(=C)C)c1c(SC)ccn2ccnc12. The normalized spacial score (nSPS) is 12.4. The maximum Gasteiger partial charge on any atom is 0.145 e. The molecular formula is C15H15FN2S. The highest BCUT2D eigenvalue weighted by atomic mass is 32.2. The fourth-order valence-corrected chi connectivity index (χ4v) is 2.53. The van der Waals surface area contributed by atoms with Gasteiger partial charge in [0.1, 0.15) is 11.5 Å². The van der Waals surface area contributed by atoms with Crippen LogP contribution in [0.5, 0.6) is 0 Å². The number of hydrogen-bond acceptors (Lipinski definition) is 2. The van der Waals surface area contributed by atoms with Crippen molar-refractivity contribution < 1.29 is 4.39 Å². The Hall–Kier alpha value is -1.81. The predicted octanol–water partition coefficient (Wildman–Crippen LogP) is 4.50. The van der Waals surface area contributed by atoms with E-state index in [4.69, 9.17) is 0 Å². The number of hydrogen-bond donors (Lipinski definition) is 0. The first-order valence-corrected chi connectivity index (χ1v) is 7.00. The van der Waals surface area contributed by atoms with Crippen molar-refractivity contribution in [1.82, 2.24) is 9.38 Å². The fourth-order valence-electron chi connectivity index (χ4n) is 1.92. The third kappa shape index (κ3) is 2.36. The van der Waals surface area contributed by atoms with Crippen molar-refractivity contribution >= 4 is 23.0 Å². The van der Waals surface area contributed by atoms with E-state index in [1.807, 2.05) is 29.1 Å². The molecule has 2 rings (SSSR count). The van der Waals surface area contributed by atoms with Crippen LogP contribution >= 0.6 is 11.8 Å². The number of thioether (sulfide) groups is 1. The number of halogens is 1. The lowest BCUT2D eigenvalue weighted by atomic mass is 10.0. The monoisotopic (exact) mass is 274 g/mol. The molecule has 0 aliphatic heterocycles. The van der Waals surface area contributed by atoms with Crippen LogP contribution in [0.15, 0.2) is 60.2 Å². The number of fused-ring (bicyclic) bond motifs is 1. The van der Waals surface area contributed by atoms with Gasteiger partial charge in [-0.15, -0.1) is 11.8 Å². The molecule has 2 nitrogen and oxygen atoms in total. The fraction of sp³-hybridized carbons (Fsp3) is 0.133. The molecule has 0 aliphatic carbocycles. The lowest BCUT2D eigenvalue weighted by Crippen LogP contribution is -1.96. The van der Waals surface area contributed by atoms with Gasteiger partial charge in [-0.2, -0.15) is 0 Å². The highest BCUT2D eigenvalue weighted by molar-refractivity contribution is 7.98. The van der Waals surface area contributed by atoms with Gasteiger partial charge in [0.05, 0.1) is 0 Å². The zero-order valence-corrected chi connectivity index (χ0v) is 11.8. The van der Waals surface area contributed by atoms with Gasteiger partial charge < -0.3 is 4.40 Å². The number of aromatic nitrogens is 2. The Morgan fingerprint density at radius 2 is 2.21 bits per heavy atom. The van der Waals surface area contributed by atoms with Gasteiger partial charge in [0.15, 0.2) is 0 Å². The maximum atomic E-state index is 14.3. The lowest BCUT2D eigenvalue weighted by Gasteiger charge is -2.11. The molecule has 0 aromatic carbocycles. The van der Waals surface area contributed by atoms with Crippen molar-refractivity contribution in [3.8, 4) is 0 Å². The van der Waals surface area contributed by atoms with E-state index in [2.05, 4.69) is 18.1 Å². The van der Waals surface area contributed by atoms with Crippen LogP contribution in [-0.2, 0) is 0 Å². The predicted molar refractivity (Wildman–Crippen MR) is 80.0 cm³/mol. The zero-order valence-electron chi connectivity index (χ0n) is 11.0. The Morgan fingerprint density at radius 1 is 1.47 bits per heavy atom. The molecule has 0 radical (unpaired) electrons. The van der Waals surface area contributed by atoms with Crippen molar-refractivity contribution in [2.45, 2.75) is 11.8 Å². The molecule has 0 amide bonds. The summed E-state index contributed by atoms with van der Waals surface area (Å²) in [4.78, 5) is 5.27. The summed E-state index contributed by atoms with van der Waals surface area (Å²) in [5.41, 5.74) is 2.30. The summed E-state index contributed by atoms with van der Waals surface area (Å²) in [6.45, 7) is 9.02. The Labute approximate surface area is 116 Å². The summed E-state index contributed by atoms with van der Waals surface area (Å²) in [7, 11) is 0. The highest BCUT2D eigenvalue weighted by Crippen LogP contribution is 2.34. The molecule has 4 heteroatoms. The molecule has 0 saturated carbocycles. The van der Waals surface area contributed by atoms with Crippen LogP contribution in [0, 0.1) is 0 Å². The molecular weight excluding hydrogens is 259 g/mol. The zero-order chi connectivity index (χ0) is 14.0. The van der Waals surface area contributed by atoms with E-state index in [0.29, 0.717) is 11.1 Å². The molecule has 0 aliphatic rings. The van der Waals surface area contributed by atoms with Crippen molar-refractivity contribution in [2.75, 3.05) is 6.26 Å². The minimum Gasteiger partial charge on any atom is -0.307 e. The summed E-state index contributed by atoms with van der Waals surface area (Å²) in [6.07, 6.45) is 8.92. The van der Waals surface area contributed by atoms with Gasteiger partial charge >= 0.3 is 0 Å². The molecule has 0 unspecified atom stereocenters. The average Bonchev–Trinajstić information content (AvgIpc) is 2.87. The van der Waals surface area contributed by atoms with Crippen LogP contribution < -0.4 is 0 Å². The van der Waals surface area contributed by atoms with Gasteiger partial charge in [0, 0.05) is 34.6 Å². The first-order valence-electron chi connectivity index (χ1n) is 5.78. The van der Waals surface area contributed by atoms with E-state index in [9.17, 15) is 4.39 Å². The van der Waals surface area contributed by atoms with E-state index in [1.165, 1.54) is 6.08 Å². The molecule has 98 valence electrons. The topological polar surface area (TPSA) is 17.3 Å². The Bertz CT molecular complexity index is 683. The quantitative estimate of drug-likeness (QED) is 0.603. The Balaban J connectivity index is 2.85. The molecule has 0 bridgehead atoms. The van der Waals surface area contributed by atoms with Crippen LogP contribution in [-0.4, -0.2) is 15.6 Å². The summed E-state index contributed by atoms with van der Waals surface area (Å²) in [6, 6.07) is 1.95. The third-order valence-corrected chi connectivity index (χ3v) is 3.61. The van der Waals surface area contributed by atoms with E-state index in [-0.39, 0.29) is 5.83 Å². The first kappa shape index (κ1) is 13.6. The van der Waals surface area contributed by atoms with Gasteiger partial charge in [-0.05, 0) is 24.8 Å².